The maximum atomic E-state index is 12.7. The van der Waals surface area contributed by atoms with Crippen molar-refractivity contribution in [2.75, 3.05) is 12.4 Å². The van der Waals surface area contributed by atoms with Crippen LogP contribution in [0.4, 0.5) is 5.69 Å². The van der Waals surface area contributed by atoms with Crippen LogP contribution in [0, 0.1) is 0 Å². The fourth-order valence-corrected chi connectivity index (χ4v) is 3.70. The molecule has 3 aromatic carbocycles. The lowest BCUT2D eigenvalue weighted by molar-refractivity contribution is -0.115. The van der Waals surface area contributed by atoms with Crippen LogP contribution in [0.25, 0.3) is 5.69 Å². The predicted molar refractivity (Wildman–Crippen MR) is 123 cm³/mol. The summed E-state index contributed by atoms with van der Waals surface area (Å²) in [5.74, 6) is 1.91. The van der Waals surface area contributed by atoms with Crippen molar-refractivity contribution in [3.05, 3.63) is 78.9 Å². The van der Waals surface area contributed by atoms with E-state index in [1.807, 2.05) is 66.7 Å². The van der Waals surface area contributed by atoms with Crippen LogP contribution in [0.5, 0.6) is 17.2 Å². The molecule has 32 heavy (non-hydrogen) atoms. The zero-order valence-corrected chi connectivity index (χ0v) is 18.3. The van der Waals surface area contributed by atoms with Crippen LogP contribution in [0.2, 0.25) is 0 Å². The first-order chi connectivity index (χ1) is 15.6. The number of carbonyl (C=O) groups excluding carboxylic acids is 1. The average molecular weight is 448 g/mol. The van der Waals surface area contributed by atoms with Crippen molar-refractivity contribution < 1.29 is 14.3 Å². The summed E-state index contributed by atoms with van der Waals surface area (Å²) in [4.78, 5) is 12.7. The summed E-state index contributed by atoms with van der Waals surface area (Å²) in [6.45, 7) is 1.80. The average Bonchev–Trinajstić information content (AvgIpc) is 3.28. The number of carbonyl (C=O) groups is 1. The van der Waals surface area contributed by atoms with Gasteiger partial charge < -0.3 is 14.8 Å². The van der Waals surface area contributed by atoms with E-state index in [1.165, 1.54) is 11.8 Å². The number of anilines is 1. The van der Waals surface area contributed by atoms with Crippen LogP contribution < -0.4 is 14.8 Å². The van der Waals surface area contributed by atoms with Crippen LogP contribution in [0.1, 0.15) is 6.92 Å². The largest absolute Gasteiger partial charge is 0.494 e. The van der Waals surface area contributed by atoms with Gasteiger partial charge in [-0.25, -0.2) is 0 Å². The highest BCUT2D eigenvalue weighted by Crippen LogP contribution is 2.28. The molecule has 8 nitrogen and oxygen atoms in total. The molecule has 0 fully saturated rings. The highest BCUT2D eigenvalue weighted by Gasteiger charge is 2.20. The highest BCUT2D eigenvalue weighted by molar-refractivity contribution is 8.00. The van der Waals surface area contributed by atoms with Crippen molar-refractivity contribution in [2.45, 2.75) is 17.3 Å². The van der Waals surface area contributed by atoms with Crippen molar-refractivity contribution in [1.82, 2.24) is 20.2 Å². The summed E-state index contributed by atoms with van der Waals surface area (Å²) in [6, 6.07) is 24.1. The van der Waals surface area contributed by atoms with E-state index in [4.69, 9.17) is 9.47 Å². The van der Waals surface area contributed by atoms with E-state index in [0.29, 0.717) is 28.0 Å². The molecular formula is C23H21N5O3S. The second kappa shape index (κ2) is 9.97. The Balaban J connectivity index is 1.39. The Morgan fingerprint density at radius 3 is 2.41 bits per heavy atom. The van der Waals surface area contributed by atoms with E-state index in [-0.39, 0.29) is 5.91 Å². The van der Waals surface area contributed by atoms with Crippen LogP contribution in [0.3, 0.4) is 0 Å². The molecule has 0 radical (unpaired) electrons. The van der Waals surface area contributed by atoms with Gasteiger partial charge in [0.1, 0.15) is 22.9 Å². The van der Waals surface area contributed by atoms with Gasteiger partial charge in [0.2, 0.25) is 11.1 Å². The molecule has 0 spiro atoms. The molecule has 1 heterocycles. The van der Waals surface area contributed by atoms with Gasteiger partial charge >= 0.3 is 0 Å². The Bertz CT molecular complexity index is 1180. The van der Waals surface area contributed by atoms with Crippen LogP contribution in [-0.2, 0) is 4.79 Å². The van der Waals surface area contributed by atoms with Crippen LogP contribution in [-0.4, -0.2) is 38.5 Å². The molecule has 4 aromatic rings. The van der Waals surface area contributed by atoms with Gasteiger partial charge in [-0.2, -0.15) is 4.68 Å². The van der Waals surface area contributed by atoms with E-state index >= 15 is 0 Å². The third-order valence-electron chi connectivity index (χ3n) is 4.51. The van der Waals surface area contributed by atoms with E-state index in [2.05, 4.69) is 20.8 Å². The molecule has 0 saturated heterocycles. The number of aromatic nitrogens is 4. The van der Waals surface area contributed by atoms with E-state index < -0.39 is 5.25 Å². The van der Waals surface area contributed by atoms with Crippen molar-refractivity contribution in [3.8, 4) is 22.9 Å². The van der Waals surface area contributed by atoms with E-state index in [1.54, 1.807) is 30.8 Å². The Morgan fingerprint density at radius 2 is 1.66 bits per heavy atom. The van der Waals surface area contributed by atoms with Gasteiger partial charge in [-0.1, -0.05) is 42.1 Å². The fourth-order valence-electron chi connectivity index (χ4n) is 2.89. The molecule has 0 aliphatic heterocycles. The minimum atomic E-state index is -0.435. The molecule has 4 rings (SSSR count). The summed E-state index contributed by atoms with van der Waals surface area (Å²) >= 11 is 1.26. The smallest absolute Gasteiger partial charge is 0.237 e. The number of amides is 1. The minimum Gasteiger partial charge on any atom is -0.494 e. The van der Waals surface area contributed by atoms with Crippen molar-refractivity contribution in [3.63, 3.8) is 0 Å². The van der Waals surface area contributed by atoms with Gasteiger partial charge in [-0.3, -0.25) is 4.79 Å². The Kier molecular flexibility index (Phi) is 6.66. The summed E-state index contributed by atoms with van der Waals surface area (Å²) < 4.78 is 12.7. The molecule has 1 amide bonds. The Labute approximate surface area is 189 Å². The number of thioether (sulfide) groups is 1. The number of nitrogens with zero attached hydrogens (tertiary/aromatic N) is 4. The number of tetrazole rings is 1. The summed E-state index contributed by atoms with van der Waals surface area (Å²) in [5, 5.41) is 14.8. The Morgan fingerprint density at radius 1 is 0.969 bits per heavy atom. The number of para-hydroxylation sites is 3. The number of nitrogens with one attached hydrogen (secondary N) is 1. The van der Waals surface area contributed by atoms with Gasteiger partial charge in [0.15, 0.2) is 0 Å². The number of methoxy groups -OCH3 is 1. The van der Waals surface area contributed by atoms with Crippen molar-refractivity contribution in [1.29, 1.82) is 0 Å². The third kappa shape index (κ3) is 5.06. The quantitative estimate of drug-likeness (QED) is 0.395. The maximum Gasteiger partial charge on any atom is 0.237 e. The number of ether oxygens (including phenoxy) is 2. The second-order valence-corrected chi connectivity index (χ2v) is 8.04. The van der Waals surface area contributed by atoms with Crippen molar-refractivity contribution >= 4 is 23.4 Å². The molecule has 1 N–H and O–H groups in total. The zero-order chi connectivity index (χ0) is 22.3. The van der Waals surface area contributed by atoms with Gasteiger partial charge in [0.25, 0.3) is 0 Å². The van der Waals surface area contributed by atoms with Gasteiger partial charge in [0.05, 0.1) is 12.4 Å². The number of hydrogen-bond acceptors (Lipinski definition) is 7. The van der Waals surface area contributed by atoms with Crippen LogP contribution in [0.15, 0.2) is 84.0 Å². The van der Waals surface area contributed by atoms with E-state index in [9.17, 15) is 4.79 Å². The minimum absolute atomic E-state index is 0.165. The fraction of sp³-hybridized carbons (Fsp3) is 0.130. The lowest BCUT2D eigenvalue weighted by Crippen LogP contribution is -2.22. The standard InChI is InChI=1S/C23H21N5O3S/c1-16(32-23-25-26-27-28(23)20-10-6-7-11-21(20)30-2)22(29)24-17-12-14-19(15-13-17)31-18-8-4-3-5-9-18/h3-16H,1-2H3,(H,24,29)/t16-/m1/s1. The molecule has 0 saturated carbocycles. The van der Waals surface area contributed by atoms with Gasteiger partial charge in [-0.15, -0.1) is 5.10 Å². The molecule has 0 unspecified atom stereocenters. The molecular weight excluding hydrogens is 426 g/mol. The molecule has 0 aliphatic carbocycles. The molecule has 162 valence electrons. The van der Waals surface area contributed by atoms with Gasteiger partial charge in [0, 0.05) is 5.69 Å². The Hall–Kier alpha value is -3.85. The molecule has 0 bridgehead atoms. The van der Waals surface area contributed by atoms with Gasteiger partial charge in [-0.05, 0) is 65.9 Å². The lowest BCUT2D eigenvalue weighted by atomic mass is 10.3. The normalized spacial score (nSPS) is 11.6. The molecule has 0 aliphatic rings. The predicted octanol–water partition coefficient (Wildman–Crippen LogP) is 4.58. The maximum absolute atomic E-state index is 12.7. The summed E-state index contributed by atoms with van der Waals surface area (Å²) in [6.07, 6.45) is 0. The first-order valence-electron chi connectivity index (χ1n) is 9.86. The number of benzene rings is 3. The zero-order valence-electron chi connectivity index (χ0n) is 17.5. The first-order valence-corrected chi connectivity index (χ1v) is 10.7. The SMILES string of the molecule is COc1ccccc1-n1nnnc1S[C@H](C)C(=O)Nc1ccc(Oc2ccccc2)cc1. The summed E-state index contributed by atoms with van der Waals surface area (Å²) in [5.41, 5.74) is 1.37. The molecule has 9 heteroatoms. The van der Waals surface area contributed by atoms with Crippen LogP contribution >= 0.6 is 11.8 Å². The number of hydrogen-bond donors (Lipinski definition) is 1. The third-order valence-corrected chi connectivity index (χ3v) is 5.54. The van der Waals surface area contributed by atoms with Crippen molar-refractivity contribution in [2.24, 2.45) is 0 Å². The second-order valence-electron chi connectivity index (χ2n) is 6.73. The highest BCUT2D eigenvalue weighted by atomic mass is 32.2. The van der Waals surface area contributed by atoms with E-state index in [0.717, 1.165) is 5.75 Å². The lowest BCUT2D eigenvalue weighted by Gasteiger charge is -2.13. The monoisotopic (exact) mass is 447 g/mol. The topological polar surface area (TPSA) is 91.2 Å². The molecule has 1 atom stereocenters. The number of rotatable bonds is 8. The molecule has 1 aromatic heterocycles. The summed E-state index contributed by atoms with van der Waals surface area (Å²) in [7, 11) is 1.59. The first kappa shape index (κ1) is 21.4.